The molecule has 1 N–H and O–H groups in total. The van der Waals surface area contributed by atoms with Crippen molar-refractivity contribution in [1.82, 2.24) is 4.98 Å². The first-order valence-electron chi connectivity index (χ1n) is 5.53. The van der Waals surface area contributed by atoms with E-state index in [-0.39, 0.29) is 0 Å². The fraction of sp³-hybridized carbons (Fsp3) is 0.500. The van der Waals surface area contributed by atoms with Crippen LogP contribution in [0.25, 0.3) is 0 Å². The highest BCUT2D eigenvalue weighted by Crippen LogP contribution is 2.18. The molecule has 0 aromatic carbocycles. The van der Waals surface area contributed by atoms with E-state index in [1.54, 1.807) is 19.2 Å². The molecule has 94 valence electrons. The summed E-state index contributed by atoms with van der Waals surface area (Å²) in [6.45, 7) is 2.68. The maximum Gasteiger partial charge on any atom is 0.335 e. The molecule has 0 saturated heterocycles. The first kappa shape index (κ1) is 14.0. The van der Waals surface area contributed by atoms with Crippen molar-refractivity contribution in [3.05, 3.63) is 23.4 Å². The minimum Gasteiger partial charge on any atom is -0.478 e. The average Bonchev–Trinajstić information content (AvgIpc) is 2.29. The highest BCUT2D eigenvalue weighted by Gasteiger charge is 2.08. The van der Waals surface area contributed by atoms with Gasteiger partial charge in [0.25, 0.3) is 0 Å². The van der Waals surface area contributed by atoms with Gasteiger partial charge in [0.05, 0.1) is 17.2 Å². The predicted octanol–water partition coefficient (Wildman–Crippen LogP) is 2.47. The number of rotatable bonds is 7. The highest BCUT2D eigenvalue weighted by molar-refractivity contribution is 7.99. The molecule has 0 aliphatic rings. The lowest BCUT2D eigenvalue weighted by molar-refractivity contribution is 0.0696. The van der Waals surface area contributed by atoms with Crippen LogP contribution in [0.5, 0.6) is 0 Å². The summed E-state index contributed by atoms with van der Waals surface area (Å²) in [5, 5.41) is 9.77. The van der Waals surface area contributed by atoms with Gasteiger partial charge in [0.2, 0.25) is 0 Å². The number of aromatic carboxylic acids is 1. The molecule has 0 fully saturated rings. The third kappa shape index (κ3) is 4.75. The minimum atomic E-state index is -0.904. The molecule has 1 aromatic rings. The summed E-state index contributed by atoms with van der Waals surface area (Å²) in [4.78, 5) is 15.4. The zero-order chi connectivity index (χ0) is 12.7. The van der Waals surface area contributed by atoms with Crippen molar-refractivity contribution in [2.75, 3.05) is 19.5 Å². The number of carbonyl (C=O) groups is 1. The quantitative estimate of drug-likeness (QED) is 0.599. The van der Waals surface area contributed by atoms with E-state index in [9.17, 15) is 4.79 Å². The van der Waals surface area contributed by atoms with Gasteiger partial charge in [-0.05, 0) is 18.6 Å². The monoisotopic (exact) mass is 255 g/mol. The Labute approximate surface area is 105 Å². The van der Waals surface area contributed by atoms with Crippen molar-refractivity contribution in [1.29, 1.82) is 0 Å². The number of hydrogen-bond acceptors (Lipinski definition) is 4. The number of methoxy groups -OCH3 is 1. The second kappa shape index (κ2) is 7.29. The zero-order valence-electron chi connectivity index (χ0n) is 10.1. The number of hydrogen-bond donors (Lipinski definition) is 1. The number of thioether (sulfide) groups is 1. The molecule has 1 heterocycles. The summed E-state index contributed by atoms with van der Waals surface area (Å²) in [5.74, 6) is -0.128. The standard InChI is InChI=1S/C12H17NO3S/c1-3-4-10-7-9(12(14)15)8-11(13-10)17-6-5-16-2/h7-8H,3-6H2,1-2H3,(H,14,15). The van der Waals surface area contributed by atoms with Crippen LogP contribution in [0, 0.1) is 0 Å². The first-order valence-corrected chi connectivity index (χ1v) is 6.52. The van der Waals surface area contributed by atoms with Gasteiger partial charge in [-0.3, -0.25) is 0 Å². The topological polar surface area (TPSA) is 59.4 Å². The minimum absolute atomic E-state index is 0.309. The molecular weight excluding hydrogens is 238 g/mol. The molecule has 0 spiro atoms. The Balaban J connectivity index is 2.83. The maximum atomic E-state index is 11.0. The van der Waals surface area contributed by atoms with Gasteiger partial charge in [0.1, 0.15) is 0 Å². The molecule has 0 aliphatic heterocycles. The van der Waals surface area contributed by atoms with E-state index in [1.807, 2.05) is 6.92 Å². The largest absolute Gasteiger partial charge is 0.478 e. The van der Waals surface area contributed by atoms with E-state index in [1.165, 1.54) is 11.8 Å². The Morgan fingerprint density at radius 1 is 1.53 bits per heavy atom. The number of carboxylic acid groups (broad SMARTS) is 1. The van der Waals surface area contributed by atoms with Gasteiger partial charge in [0, 0.05) is 18.6 Å². The number of aromatic nitrogens is 1. The Kier molecular flexibility index (Phi) is 6.00. The summed E-state index contributed by atoms with van der Waals surface area (Å²) in [6.07, 6.45) is 1.76. The number of carboxylic acids is 1. The molecule has 0 atom stereocenters. The van der Waals surface area contributed by atoms with E-state index in [0.717, 1.165) is 29.3 Å². The van der Waals surface area contributed by atoms with Crippen molar-refractivity contribution in [2.24, 2.45) is 0 Å². The average molecular weight is 255 g/mol. The second-order valence-corrected chi connectivity index (χ2v) is 4.70. The summed E-state index contributed by atoms with van der Waals surface area (Å²) in [7, 11) is 1.64. The molecule has 4 nitrogen and oxygen atoms in total. The zero-order valence-corrected chi connectivity index (χ0v) is 10.9. The Bertz CT molecular complexity index is 382. The lowest BCUT2D eigenvalue weighted by Gasteiger charge is -2.05. The molecule has 0 saturated carbocycles. The Morgan fingerprint density at radius 2 is 2.29 bits per heavy atom. The molecule has 0 unspecified atom stereocenters. The van der Waals surface area contributed by atoms with Crippen LogP contribution in [0.15, 0.2) is 17.2 Å². The van der Waals surface area contributed by atoms with E-state index >= 15 is 0 Å². The molecule has 5 heteroatoms. The Morgan fingerprint density at radius 3 is 2.88 bits per heavy atom. The van der Waals surface area contributed by atoms with Crippen molar-refractivity contribution in [3.8, 4) is 0 Å². The normalized spacial score (nSPS) is 10.5. The maximum absolute atomic E-state index is 11.0. The number of pyridine rings is 1. The van der Waals surface area contributed by atoms with Crippen LogP contribution < -0.4 is 0 Å². The molecule has 1 aromatic heterocycles. The summed E-state index contributed by atoms with van der Waals surface area (Å²) < 4.78 is 4.95. The number of ether oxygens (including phenoxy) is 1. The van der Waals surface area contributed by atoms with Gasteiger partial charge in [-0.2, -0.15) is 0 Å². The van der Waals surface area contributed by atoms with Crippen molar-refractivity contribution < 1.29 is 14.6 Å². The van der Waals surface area contributed by atoms with E-state index in [0.29, 0.717) is 12.2 Å². The van der Waals surface area contributed by atoms with Crippen LogP contribution >= 0.6 is 11.8 Å². The van der Waals surface area contributed by atoms with Crippen LogP contribution in [-0.2, 0) is 11.2 Å². The lowest BCUT2D eigenvalue weighted by Crippen LogP contribution is -2.02. The van der Waals surface area contributed by atoms with Crippen molar-refractivity contribution in [2.45, 2.75) is 24.8 Å². The van der Waals surface area contributed by atoms with Crippen molar-refractivity contribution in [3.63, 3.8) is 0 Å². The molecule has 0 amide bonds. The summed E-state index contributed by atoms with van der Waals surface area (Å²) in [6, 6.07) is 3.26. The molecule has 17 heavy (non-hydrogen) atoms. The van der Waals surface area contributed by atoms with Gasteiger partial charge >= 0.3 is 5.97 Å². The van der Waals surface area contributed by atoms with Gasteiger partial charge in [-0.25, -0.2) is 9.78 Å². The molecule has 0 radical (unpaired) electrons. The lowest BCUT2D eigenvalue weighted by atomic mass is 10.2. The van der Waals surface area contributed by atoms with Crippen LogP contribution in [0.1, 0.15) is 29.4 Å². The summed E-state index contributed by atoms with van der Waals surface area (Å²) in [5.41, 5.74) is 1.15. The van der Waals surface area contributed by atoms with Crippen LogP contribution in [0.2, 0.25) is 0 Å². The molecule has 1 rings (SSSR count). The molecule has 0 aliphatic carbocycles. The van der Waals surface area contributed by atoms with Crippen LogP contribution in [0.4, 0.5) is 0 Å². The van der Waals surface area contributed by atoms with Gasteiger partial charge in [-0.15, -0.1) is 11.8 Å². The third-order valence-electron chi connectivity index (χ3n) is 2.15. The Hall–Kier alpha value is -1.07. The van der Waals surface area contributed by atoms with E-state index < -0.39 is 5.97 Å². The molecular formula is C12H17NO3S. The van der Waals surface area contributed by atoms with E-state index in [4.69, 9.17) is 9.84 Å². The number of nitrogens with zero attached hydrogens (tertiary/aromatic N) is 1. The molecule has 0 bridgehead atoms. The van der Waals surface area contributed by atoms with Gasteiger partial charge in [-0.1, -0.05) is 13.3 Å². The van der Waals surface area contributed by atoms with Crippen LogP contribution in [-0.4, -0.2) is 35.5 Å². The first-order chi connectivity index (χ1) is 8.17. The smallest absolute Gasteiger partial charge is 0.335 e. The fourth-order valence-electron chi connectivity index (χ4n) is 1.37. The predicted molar refractivity (Wildman–Crippen MR) is 67.8 cm³/mol. The highest BCUT2D eigenvalue weighted by atomic mass is 32.2. The SMILES string of the molecule is CCCc1cc(C(=O)O)cc(SCCOC)n1. The van der Waals surface area contributed by atoms with E-state index in [2.05, 4.69) is 4.98 Å². The summed E-state index contributed by atoms with van der Waals surface area (Å²) >= 11 is 1.52. The van der Waals surface area contributed by atoms with Gasteiger partial charge < -0.3 is 9.84 Å². The van der Waals surface area contributed by atoms with Gasteiger partial charge in [0.15, 0.2) is 0 Å². The third-order valence-corrected chi connectivity index (χ3v) is 3.02. The van der Waals surface area contributed by atoms with Crippen LogP contribution in [0.3, 0.4) is 0 Å². The number of aryl methyl sites for hydroxylation is 1. The second-order valence-electron chi connectivity index (χ2n) is 3.58. The fourth-order valence-corrected chi connectivity index (χ4v) is 2.22. The van der Waals surface area contributed by atoms with Crippen molar-refractivity contribution >= 4 is 17.7 Å².